The Labute approximate surface area is 116 Å². The monoisotopic (exact) mass is 275 g/mol. The van der Waals surface area contributed by atoms with Crippen LogP contribution in [0.3, 0.4) is 0 Å². The molecule has 0 atom stereocenters. The molecule has 19 heavy (non-hydrogen) atoms. The van der Waals surface area contributed by atoms with Gasteiger partial charge in [0, 0.05) is 31.2 Å². The van der Waals surface area contributed by atoms with Crippen molar-refractivity contribution in [3.63, 3.8) is 0 Å². The second kappa shape index (κ2) is 4.63. The van der Waals surface area contributed by atoms with Crippen molar-refractivity contribution in [3.05, 3.63) is 46.7 Å². The van der Waals surface area contributed by atoms with E-state index in [9.17, 15) is 4.79 Å². The highest BCUT2D eigenvalue weighted by molar-refractivity contribution is 6.31. The quantitative estimate of drug-likeness (QED) is 0.885. The molecule has 0 radical (unpaired) electrons. The average molecular weight is 276 g/mol. The number of amides is 1. The predicted molar refractivity (Wildman–Crippen MR) is 77.0 cm³/mol. The van der Waals surface area contributed by atoms with E-state index in [4.69, 9.17) is 11.6 Å². The van der Waals surface area contributed by atoms with Crippen LogP contribution in [-0.4, -0.2) is 17.0 Å². The van der Waals surface area contributed by atoms with Crippen molar-refractivity contribution in [2.75, 3.05) is 17.2 Å². The number of halogens is 1. The minimum atomic E-state index is -0.152. The number of nitrogens with one attached hydrogen (secondary N) is 2. The Hall–Kier alpha value is -1.94. The zero-order valence-corrected chi connectivity index (χ0v) is 11.3. The minimum Gasteiger partial charge on any atom is -0.384 e. The van der Waals surface area contributed by atoms with E-state index in [1.54, 1.807) is 23.9 Å². The van der Waals surface area contributed by atoms with Crippen molar-refractivity contribution in [2.24, 2.45) is 7.05 Å². The molecule has 2 heterocycles. The summed E-state index contributed by atoms with van der Waals surface area (Å²) in [5.41, 5.74) is 3.75. The topological polar surface area (TPSA) is 46.1 Å². The molecule has 1 amide bonds. The second-order valence-electron chi connectivity index (χ2n) is 4.66. The van der Waals surface area contributed by atoms with Gasteiger partial charge in [0.05, 0.1) is 5.02 Å². The van der Waals surface area contributed by atoms with Gasteiger partial charge in [-0.15, -0.1) is 0 Å². The highest BCUT2D eigenvalue weighted by Gasteiger charge is 2.14. The van der Waals surface area contributed by atoms with Crippen LogP contribution in [0.2, 0.25) is 5.02 Å². The maximum Gasteiger partial charge on any atom is 0.272 e. The molecule has 0 saturated heterocycles. The van der Waals surface area contributed by atoms with E-state index in [1.807, 2.05) is 18.2 Å². The first-order valence-electron chi connectivity index (χ1n) is 6.13. The summed E-state index contributed by atoms with van der Waals surface area (Å²) in [4.78, 5) is 12.1. The lowest BCUT2D eigenvalue weighted by atomic mass is 10.1. The second-order valence-corrected chi connectivity index (χ2v) is 5.09. The average Bonchev–Trinajstić information content (AvgIpc) is 2.94. The Morgan fingerprint density at radius 1 is 1.42 bits per heavy atom. The molecule has 4 nitrogen and oxygen atoms in total. The Morgan fingerprint density at radius 3 is 3.00 bits per heavy atom. The summed E-state index contributed by atoms with van der Waals surface area (Å²) in [6.07, 6.45) is 2.71. The van der Waals surface area contributed by atoms with Crippen LogP contribution >= 0.6 is 11.6 Å². The summed E-state index contributed by atoms with van der Waals surface area (Å²) in [7, 11) is 1.80. The lowest BCUT2D eigenvalue weighted by Crippen LogP contribution is -2.15. The minimum absolute atomic E-state index is 0.152. The number of aryl methyl sites for hydroxylation is 1. The van der Waals surface area contributed by atoms with Crippen LogP contribution in [-0.2, 0) is 13.5 Å². The van der Waals surface area contributed by atoms with Gasteiger partial charge < -0.3 is 15.2 Å². The third-order valence-corrected chi connectivity index (χ3v) is 3.48. The van der Waals surface area contributed by atoms with Gasteiger partial charge >= 0.3 is 0 Å². The normalized spacial score (nSPS) is 12.9. The number of rotatable bonds is 2. The Morgan fingerprint density at radius 2 is 2.26 bits per heavy atom. The molecule has 0 unspecified atom stereocenters. The number of aromatic nitrogens is 1. The molecule has 0 fully saturated rings. The van der Waals surface area contributed by atoms with E-state index in [2.05, 4.69) is 10.6 Å². The summed E-state index contributed by atoms with van der Waals surface area (Å²) in [5, 5.41) is 6.75. The number of nitrogens with zero attached hydrogens (tertiary/aromatic N) is 1. The number of carbonyl (C=O) groups excluding carboxylic acids is 1. The maximum absolute atomic E-state index is 12.1. The van der Waals surface area contributed by atoms with Crippen molar-refractivity contribution in [1.29, 1.82) is 0 Å². The molecule has 0 bridgehead atoms. The molecular weight excluding hydrogens is 262 g/mol. The lowest BCUT2D eigenvalue weighted by molar-refractivity contribution is 0.101. The van der Waals surface area contributed by atoms with Gasteiger partial charge in [0.2, 0.25) is 0 Å². The van der Waals surface area contributed by atoms with Crippen LogP contribution in [0.5, 0.6) is 0 Å². The van der Waals surface area contributed by atoms with Gasteiger partial charge in [-0.3, -0.25) is 4.79 Å². The zero-order chi connectivity index (χ0) is 13.4. The van der Waals surface area contributed by atoms with E-state index in [1.165, 1.54) is 5.56 Å². The van der Waals surface area contributed by atoms with Crippen molar-refractivity contribution in [3.8, 4) is 0 Å². The van der Waals surface area contributed by atoms with Crippen LogP contribution in [0.15, 0.2) is 30.5 Å². The number of hydrogen-bond donors (Lipinski definition) is 2. The Kier molecular flexibility index (Phi) is 2.95. The van der Waals surface area contributed by atoms with Gasteiger partial charge in [-0.05, 0) is 36.2 Å². The fourth-order valence-electron chi connectivity index (χ4n) is 2.33. The molecule has 0 aliphatic carbocycles. The molecule has 0 spiro atoms. The van der Waals surface area contributed by atoms with Crippen molar-refractivity contribution < 1.29 is 4.79 Å². The predicted octanol–water partition coefficient (Wildman–Crippen LogP) is 2.90. The van der Waals surface area contributed by atoms with Crippen LogP contribution in [0, 0.1) is 0 Å². The number of fused-ring (bicyclic) bond motifs is 1. The van der Waals surface area contributed by atoms with Gasteiger partial charge in [-0.25, -0.2) is 0 Å². The van der Waals surface area contributed by atoms with Gasteiger partial charge in [0.15, 0.2) is 0 Å². The molecular formula is C14H14ClN3O. The first kappa shape index (κ1) is 12.1. The van der Waals surface area contributed by atoms with E-state index in [0.29, 0.717) is 10.7 Å². The van der Waals surface area contributed by atoms with Gasteiger partial charge in [-0.1, -0.05) is 11.6 Å². The largest absolute Gasteiger partial charge is 0.384 e. The molecule has 5 heteroatoms. The molecule has 1 aromatic heterocycles. The summed E-state index contributed by atoms with van der Waals surface area (Å²) in [5.74, 6) is -0.152. The van der Waals surface area contributed by atoms with Gasteiger partial charge in [0.25, 0.3) is 5.91 Å². The van der Waals surface area contributed by atoms with E-state index < -0.39 is 0 Å². The van der Waals surface area contributed by atoms with Crippen LogP contribution < -0.4 is 10.6 Å². The van der Waals surface area contributed by atoms with E-state index in [-0.39, 0.29) is 5.91 Å². The number of carbonyl (C=O) groups is 1. The molecule has 0 saturated carbocycles. The summed E-state index contributed by atoms with van der Waals surface area (Å²) in [6.45, 7) is 0.958. The number of benzene rings is 1. The standard InChI is InChI=1S/C14H14ClN3O/c1-18-8-10(15)7-13(18)14(19)17-11-2-3-12-9(6-11)4-5-16-12/h2-3,6-8,16H,4-5H2,1H3,(H,17,19). The van der Waals surface area contributed by atoms with Crippen LogP contribution in [0.25, 0.3) is 0 Å². The van der Waals surface area contributed by atoms with Crippen molar-refractivity contribution in [2.45, 2.75) is 6.42 Å². The smallest absolute Gasteiger partial charge is 0.272 e. The Bertz CT molecular complexity index is 648. The maximum atomic E-state index is 12.1. The van der Waals surface area contributed by atoms with Crippen molar-refractivity contribution in [1.82, 2.24) is 4.57 Å². The van der Waals surface area contributed by atoms with Gasteiger partial charge in [-0.2, -0.15) is 0 Å². The highest BCUT2D eigenvalue weighted by Crippen LogP contribution is 2.25. The molecule has 1 aromatic carbocycles. The fraction of sp³-hybridized carbons (Fsp3) is 0.214. The summed E-state index contributed by atoms with van der Waals surface area (Å²) < 4.78 is 1.71. The first-order valence-corrected chi connectivity index (χ1v) is 6.51. The third-order valence-electron chi connectivity index (χ3n) is 3.28. The van der Waals surface area contributed by atoms with E-state index in [0.717, 1.165) is 24.3 Å². The van der Waals surface area contributed by atoms with E-state index >= 15 is 0 Å². The highest BCUT2D eigenvalue weighted by atomic mass is 35.5. The summed E-state index contributed by atoms with van der Waals surface area (Å²) in [6, 6.07) is 7.57. The molecule has 3 rings (SSSR count). The molecule has 1 aliphatic rings. The Balaban J connectivity index is 1.81. The molecule has 2 N–H and O–H groups in total. The van der Waals surface area contributed by atoms with Crippen LogP contribution in [0.4, 0.5) is 11.4 Å². The van der Waals surface area contributed by atoms with Crippen LogP contribution in [0.1, 0.15) is 16.1 Å². The third kappa shape index (κ3) is 2.31. The number of hydrogen-bond acceptors (Lipinski definition) is 2. The zero-order valence-electron chi connectivity index (χ0n) is 10.5. The van der Waals surface area contributed by atoms with Crippen molar-refractivity contribution >= 4 is 28.9 Å². The molecule has 98 valence electrons. The summed E-state index contributed by atoms with van der Waals surface area (Å²) >= 11 is 5.88. The first-order chi connectivity index (χ1) is 9.13. The SMILES string of the molecule is Cn1cc(Cl)cc1C(=O)Nc1ccc2c(c1)CCN2. The van der Waals surface area contributed by atoms with Gasteiger partial charge in [0.1, 0.15) is 5.69 Å². The number of anilines is 2. The molecule has 2 aromatic rings. The fourth-order valence-corrected chi connectivity index (χ4v) is 2.58. The lowest BCUT2D eigenvalue weighted by Gasteiger charge is -2.07. The molecule has 1 aliphatic heterocycles.